The minimum atomic E-state index is -0.529. The molecule has 0 saturated carbocycles. The molecule has 0 aliphatic rings. The molecule has 0 heterocycles. The number of hydrogen-bond donors (Lipinski definition) is 1. The number of benzene rings is 1. The van der Waals surface area contributed by atoms with Crippen LogP contribution in [0, 0.1) is 5.82 Å². The van der Waals surface area contributed by atoms with Crippen LogP contribution in [0.2, 0.25) is 0 Å². The lowest BCUT2D eigenvalue weighted by molar-refractivity contribution is 0.266. The SMILES string of the molecule is COc1cc(F)c(CO)c(OC)c1. The molecule has 0 saturated heterocycles. The Morgan fingerprint density at radius 3 is 2.46 bits per heavy atom. The maximum Gasteiger partial charge on any atom is 0.136 e. The first-order chi connectivity index (χ1) is 6.22. The lowest BCUT2D eigenvalue weighted by Gasteiger charge is -2.09. The van der Waals surface area contributed by atoms with E-state index in [4.69, 9.17) is 14.6 Å². The van der Waals surface area contributed by atoms with Crippen molar-refractivity contribution in [3.63, 3.8) is 0 Å². The van der Waals surface area contributed by atoms with E-state index < -0.39 is 5.82 Å². The van der Waals surface area contributed by atoms with Crippen LogP contribution in [-0.4, -0.2) is 19.3 Å². The van der Waals surface area contributed by atoms with Crippen LogP contribution in [0.4, 0.5) is 4.39 Å². The average molecular weight is 186 g/mol. The fourth-order valence-corrected chi connectivity index (χ4v) is 1.04. The van der Waals surface area contributed by atoms with E-state index in [9.17, 15) is 4.39 Å². The lowest BCUT2D eigenvalue weighted by atomic mass is 10.2. The summed E-state index contributed by atoms with van der Waals surface area (Å²) in [6, 6.07) is 2.72. The van der Waals surface area contributed by atoms with Gasteiger partial charge in [-0.1, -0.05) is 0 Å². The van der Waals surface area contributed by atoms with Crippen molar-refractivity contribution >= 4 is 0 Å². The van der Waals surface area contributed by atoms with Crippen molar-refractivity contribution in [3.8, 4) is 11.5 Å². The topological polar surface area (TPSA) is 38.7 Å². The third-order valence-electron chi connectivity index (χ3n) is 1.74. The van der Waals surface area contributed by atoms with Gasteiger partial charge in [0.15, 0.2) is 0 Å². The normalized spacial score (nSPS) is 9.85. The first-order valence-corrected chi connectivity index (χ1v) is 3.74. The molecule has 0 aliphatic carbocycles. The molecule has 72 valence electrons. The molecular weight excluding hydrogens is 175 g/mol. The highest BCUT2D eigenvalue weighted by Crippen LogP contribution is 2.27. The van der Waals surface area contributed by atoms with E-state index in [0.717, 1.165) is 0 Å². The average Bonchev–Trinajstić information content (AvgIpc) is 2.16. The molecule has 0 spiro atoms. The molecule has 13 heavy (non-hydrogen) atoms. The zero-order valence-corrected chi connectivity index (χ0v) is 7.50. The summed E-state index contributed by atoms with van der Waals surface area (Å²) in [6.45, 7) is -0.390. The van der Waals surface area contributed by atoms with Gasteiger partial charge in [-0.05, 0) is 0 Å². The van der Waals surface area contributed by atoms with Gasteiger partial charge >= 0.3 is 0 Å². The minimum Gasteiger partial charge on any atom is -0.497 e. The Balaban J connectivity index is 3.20. The van der Waals surface area contributed by atoms with Crippen LogP contribution < -0.4 is 9.47 Å². The van der Waals surface area contributed by atoms with Gasteiger partial charge in [0.1, 0.15) is 17.3 Å². The molecule has 0 fully saturated rings. The largest absolute Gasteiger partial charge is 0.497 e. The number of halogens is 1. The zero-order chi connectivity index (χ0) is 9.84. The first kappa shape index (κ1) is 9.80. The van der Waals surface area contributed by atoms with Gasteiger partial charge in [0, 0.05) is 12.1 Å². The number of rotatable bonds is 3. The van der Waals surface area contributed by atoms with Crippen molar-refractivity contribution in [2.24, 2.45) is 0 Å². The molecule has 0 unspecified atom stereocenters. The van der Waals surface area contributed by atoms with E-state index in [1.54, 1.807) is 0 Å². The molecule has 0 atom stereocenters. The van der Waals surface area contributed by atoms with Crippen molar-refractivity contribution in [2.75, 3.05) is 14.2 Å². The summed E-state index contributed by atoms with van der Waals surface area (Å²) < 4.78 is 22.9. The van der Waals surface area contributed by atoms with Crippen LogP contribution >= 0.6 is 0 Å². The lowest BCUT2D eigenvalue weighted by Crippen LogP contribution is -1.97. The number of ether oxygens (including phenoxy) is 2. The maximum atomic E-state index is 13.2. The highest BCUT2D eigenvalue weighted by molar-refractivity contribution is 5.41. The summed E-state index contributed by atoms with van der Waals surface area (Å²) in [6.07, 6.45) is 0. The standard InChI is InChI=1S/C9H11FO3/c1-12-6-3-8(10)7(5-11)9(4-6)13-2/h3-4,11H,5H2,1-2H3. The molecule has 0 aliphatic heterocycles. The summed E-state index contributed by atoms with van der Waals surface area (Å²) in [5.74, 6) is 0.129. The number of aliphatic hydroxyl groups is 1. The third kappa shape index (κ3) is 1.89. The van der Waals surface area contributed by atoms with E-state index in [0.29, 0.717) is 11.5 Å². The summed E-state index contributed by atoms with van der Waals surface area (Å²) in [5, 5.41) is 8.83. The summed E-state index contributed by atoms with van der Waals surface area (Å²) in [4.78, 5) is 0. The minimum absolute atomic E-state index is 0.142. The van der Waals surface area contributed by atoms with Crippen LogP contribution in [-0.2, 0) is 6.61 Å². The quantitative estimate of drug-likeness (QED) is 0.774. The predicted molar refractivity (Wildman–Crippen MR) is 45.4 cm³/mol. The Kier molecular flexibility index (Phi) is 3.08. The van der Waals surface area contributed by atoms with Crippen molar-refractivity contribution < 1.29 is 19.0 Å². The Hall–Kier alpha value is -1.29. The van der Waals surface area contributed by atoms with Gasteiger partial charge in [0.2, 0.25) is 0 Å². The van der Waals surface area contributed by atoms with E-state index in [1.807, 2.05) is 0 Å². The van der Waals surface area contributed by atoms with E-state index >= 15 is 0 Å². The highest BCUT2D eigenvalue weighted by atomic mass is 19.1. The third-order valence-corrected chi connectivity index (χ3v) is 1.74. The highest BCUT2D eigenvalue weighted by Gasteiger charge is 2.10. The second-order valence-electron chi connectivity index (χ2n) is 2.45. The molecule has 0 amide bonds. The molecule has 0 bridgehead atoms. The summed E-state index contributed by atoms with van der Waals surface area (Å²) >= 11 is 0. The fraction of sp³-hybridized carbons (Fsp3) is 0.333. The molecule has 4 heteroatoms. The zero-order valence-electron chi connectivity index (χ0n) is 7.50. The molecule has 1 N–H and O–H groups in total. The van der Waals surface area contributed by atoms with Crippen LogP contribution in [0.1, 0.15) is 5.56 Å². The van der Waals surface area contributed by atoms with Crippen LogP contribution in [0.25, 0.3) is 0 Å². The predicted octanol–water partition coefficient (Wildman–Crippen LogP) is 1.34. The maximum absolute atomic E-state index is 13.2. The van der Waals surface area contributed by atoms with E-state index in [-0.39, 0.29) is 12.2 Å². The molecule has 1 aromatic rings. The van der Waals surface area contributed by atoms with Crippen molar-refractivity contribution in [1.29, 1.82) is 0 Å². The number of hydrogen-bond acceptors (Lipinski definition) is 3. The monoisotopic (exact) mass is 186 g/mol. The van der Waals surface area contributed by atoms with Gasteiger partial charge < -0.3 is 14.6 Å². The first-order valence-electron chi connectivity index (χ1n) is 3.74. The number of aliphatic hydroxyl groups excluding tert-OH is 1. The Labute approximate surface area is 75.7 Å². The number of methoxy groups -OCH3 is 2. The van der Waals surface area contributed by atoms with Gasteiger partial charge in [0.25, 0.3) is 0 Å². The molecule has 3 nitrogen and oxygen atoms in total. The van der Waals surface area contributed by atoms with Crippen molar-refractivity contribution in [2.45, 2.75) is 6.61 Å². The van der Waals surface area contributed by atoms with Gasteiger partial charge in [-0.15, -0.1) is 0 Å². The Morgan fingerprint density at radius 2 is 2.00 bits per heavy atom. The molecule has 1 aromatic carbocycles. The smallest absolute Gasteiger partial charge is 0.136 e. The summed E-state index contributed by atoms with van der Waals surface area (Å²) in [7, 11) is 2.85. The van der Waals surface area contributed by atoms with Gasteiger partial charge in [-0.3, -0.25) is 0 Å². The second kappa shape index (κ2) is 4.09. The van der Waals surface area contributed by atoms with Crippen molar-refractivity contribution in [1.82, 2.24) is 0 Å². The van der Waals surface area contributed by atoms with Gasteiger partial charge in [0.05, 0.1) is 26.4 Å². The Morgan fingerprint density at radius 1 is 1.31 bits per heavy atom. The van der Waals surface area contributed by atoms with E-state index in [2.05, 4.69) is 0 Å². The fourth-order valence-electron chi connectivity index (χ4n) is 1.04. The van der Waals surface area contributed by atoms with Crippen molar-refractivity contribution in [3.05, 3.63) is 23.5 Å². The van der Waals surface area contributed by atoms with Crippen LogP contribution in [0.3, 0.4) is 0 Å². The Bertz CT molecular complexity index is 299. The van der Waals surface area contributed by atoms with Gasteiger partial charge in [-0.25, -0.2) is 4.39 Å². The van der Waals surface area contributed by atoms with E-state index in [1.165, 1.54) is 26.4 Å². The molecule has 0 aromatic heterocycles. The van der Waals surface area contributed by atoms with Crippen LogP contribution in [0.15, 0.2) is 12.1 Å². The second-order valence-corrected chi connectivity index (χ2v) is 2.45. The molecule has 0 radical (unpaired) electrons. The van der Waals surface area contributed by atoms with Gasteiger partial charge in [-0.2, -0.15) is 0 Å². The van der Waals surface area contributed by atoms with Crippen LogP contribution in [0.5, 0.6) is 11.5 Å². The molecular formula is C9H11FO3. The summed E-state index contributed by atoms with van der Waals surface area (Å²) in [5.41, 5.74) is 0.142. The molecule has 1 rings (SSSR count).